The first-order chi connectivity index (χ1) is 10.5. The van der Waals surface area contributed by atoms with E-state index in [4.69, 9.17) is 5.11 Å². The van der Waals surface area contributed by atoms with Crippen LogP contribution in [-0.2, 0) is 18.3 Å². The Kier molecular flexibility index (Phi) is 3.21. The van der Waals surface area contributed by atoms with Gasteiger partial charge >= 0.3 is 5.97 Å². The lowest BCUT2D eigenvalue weighted by Gasteiger charge is -2.08. The van der Waals surface area contributed by atoms with E-state index in [1.807, 2.05) is 13.0 Å². The van der Waals surface area contributed by atoms with Crippen LogP contribution in [0.5, 0.6) is 0 Å². The van der Waals surface area contributed by atoms with Gasteiger partial charge < -0.3 is 5.11 Å². The fourth-order valence-corrected chi connectivity index (χ4v) is 2.38. The van der Waals surface area contributed by atoms with Gasteiger partial charge in [0.1, 0.15) is 5.52 Å². The van der Waals surface area contributed by atoms with Gasteiger partial charge in [-0.15, -0.1) is 5.10 Å². The molecule has 3 aromatic rings. The molecular weight excluding hydrogens is 286 g/mol. The van der Waals surface area contributed by atoms with Gasteiger partial charge in [-0.05, 0) is 18.6 Å². The summed E-state index contributed by atoms with van der Waals surface area (Å²) >= 11 is 0. The van der Waals surface area contributed by atoms with Gasteiger partial charge in [0.2, 0.25) is 0 Å². The molecule has 22 heavy (non-hydrogen) atoms. The molecule has 0 unspecified atom stereocenters. The molecule has 0 aliphatic rings. The first-order valence-electron chi connectivity index (χ1n) is 6.57. The number of aromatic nitrogens is 5. The van der Waals surface area contributed by atoms with Crippen LogP contribution in [0.25, 0.3) is 16.7 Å². The van der Waals surface area contributed by atoms with Gasteiger partial charge in [0, 0.05) is 12.6 Å². The molecule has 8 nitrogen and oxygen atoms in total. The van der Waals surface area contributed by atoms with Crippen molar-refractivity contribution >= 4 is 16.9 Å². The summed E-state index contributed by atoms with van der Waals surface area (Å²) in [5, 5.41) is 21.4. The number of hydrogen-bond donors (Lipinski definition) is 1. The number of nitrogens with zero attached hydrogens (tertiary/aromatic N) is 5. The fraction of sp³-hybridized carbons (Fsp3) is 0.214. The number of fused-ring (bicyclic) bond motifs is 1. The van der Waals surface area contributed by atoms with E-state index >= 15 is 0 Å². The van der Waals surface area contributed by atoms with E-state index in [9.17, 15) is 9.59 Å². The van der Waals surface area contributed by atoms with Crippen molar-refractivity contribution < 1.29 is 9.90 Å². The Morgan fingerprint density at radius 3 is 2.86 bits per heavy atom. The van der Waals surface area contributed by atoms with Crippen molar-refractivity contribution in [2.75, 3.05) is 0 Å². The summed E-state index contributed by atoms with van der Waals surface area (Å²) in [6, 6.07) is 5.29. The highest BCUT2D eigenvalue weighted by Crippen LogP contribution is 2.14. The van der Waals surface area contributed by atoms with Gasteiger partial charge in [0.05, 0.1) is 18.0 Å². The zero-order valence-electron chi connectivity index (χ0n) is 12.0. The third-order valence-corrected chi connectivity index (χ3v) is 3.42. The molecule has 3 rings (SSSR count). The van der Waals surface area contributed by atoms with Crippen LogP contribution in [0.1, 0.15) is 11.1 Å². The van der Waals surface area contributed by atoms with Crippen molar-refractivity contribution in [2.45, 2.75) is 13.3 Å². The second kappa shape index (κ2) is 5.06. The van der Waals surface area contributed by atoms with Crippen molar-refractivity contribution in [2.24, 2.45) is 7.05 Å². The molecule has 0 aliphatic carbocycles. The highest BCUT2D eigenvalue weighted by atomic mass is 16.4. The molecule has 1 N–H and O–H groups in total. The topological polar surface area (TPSA) is 103 Å². The molecule has 8 heteroatoms. The van der Waals surface area contributed by atoms with Crippen molar-refractivity contribution in [1.29, 1.82) is 0 Å². The minimum atomic E-state index is -1.01. The van der Waals surface area contributed by atoms with Crippen LogP contribution in [0, 0.1) is 6.92 Å². The molecular formula is C14H13N5O3. The Balaban J connectivity index is 2.28. The second-order valence-electron chi connectivity index (χ2n) is 4.97. The first kappa shape index (κ1) is 13.9. The lowest BCUT2D eigenvalue weighted by atomic mass is 10.1. The van der Waals surface area contributed by atoms with Crippen LogP contribution < -0.4 is 5.56 Å². The van der Waals surface area contributed by atoms with Crippen LogP contribution in [0.2, 0.25) is 0 Å². The lowest BCUT2D eigenvalue weighted by Crippen LogP contribution is -2.26. The molecule has 0 aliphatic heterocycles. The minimum absolute atomic E-state index is 0.247. The minimum Gasteiger partial charge on any atom is -0.481 e. The lowest BCUT2D eigenvalue weighted by molar-refractivity contribution is -0.136. The van der Waals surface area contributed by atoms with E-state index in [2.05, 4.69) is 15.4 Å². The van der Waals surface area contributed by atoms with Gasteiger partial charge in [0.25, 0.3) is 5.56 Å². The average Bonchev–Trinajstić information content (AvgIpc) is 2.81. The summed E-state index contributed by atoms with van der Waals surface area (Å²) in [4.78, 5) is 23.6. The van der Waals surface area contributed by atoms with Crippen LogP contribution in [0.4, 0.5) is 0 Å². The SMILES string of the molecule is Cc1cccc2c(=O)n(-c3c(CC(=O)O)cnn3C)nnc12. The fourth-order valence-electron chi connectivity index (χ4n) is 2.38. The molecule has 0 radical (unpaired) electrons. The maximum absolute atomic E-state index is 12.6. The monoisotopic (exact) mass is 299 g/mol. The van der Waals surface area contributed by atoms with E-state index in [1.54, 1.807) is 19.2 Å². The van der Waals surface area contributed by atoms with Crippen LogP contribution in [0.3, 0.4) is 0 Å². The smallest absolute Gasteiger partial charge is 0.308 e. The van der Waals surface area contributed by atoms with Gasteiger partial charge in [-0.3, -0.25) is 14.3 Å². The zero-order chi connectivity index (χ0) is 15.9. The molecule has 2 aromatic heterocycles. The summed E-state index contributed by atoms with van der Waals surface area (Å²) in [6.07, 6.45) is 1.17. The summed E-state index contributed by atoms with van der Waals surface area (Å²) < 4.78 is 2.50. The molecule has 112 valence electrons. The van der Waals surface area contributed by atoms with Crippen LogP contribution in [0.15, 0.2) is 29.2 Å². The van der Waals surface area contributed by atoms with Crippen molar-refractivity contribution in [3.05, 3.63) is 45.9 Å². The molecule has 0 atom stereocenters. The number of benzene rings is 1. The average molecular weight is 299 g/mol. The number of carboxylic acids is 1. The van der Waals surface area contributed by atoms with E-state index in [1.165, 1.54) is 10.9 Å². The number of carbonyl (C=O) groups is 1. The summed E-state index contributed by atoms with van der Waals surface area (Å²) in [7, 11) is 1.62. The summed E-state index contributed by atoms with van der Waals surface area (Å²) in [6.45, 7) is 1.85. The number of rotatable bonds is 3. The van der Waals surface area contributed by atoms with E-state index < -0.39 is 5.97 Å². The number of aliphatic carboxylic acids is 1. The van der Waals surface area contributed by atoms with E-state index in [0.717, 1.165) is 10.2 Å². The number of aryl methyl sites for hydroxylation is 2. The van der Waals surface area contributed by atoms with Gasteiger partial charge in [-0.2, -0.15) is 9.78 Å². The first-order valence-corrected chi connectivity index (χ1v) is 6.57. The van der Waals surface area contributed by atoms with Gasteiger partial charge in [0.15, 0.2) is 5.82 Å². The molecule has 0 saturated heterocycles. The third-order valence-electron chi connectivity index (χ3n) is 3.42. The number of hydrogen-bond acceptors (Lipinski definition) is 5. The molecule has 1 aromatic carbocycles. The van der Waals surface area contributed by atoms with Crippen LogP contribution >= 0.6 is 0 Å². The molecule has 0 fully saturated rings. The number of carboxylic acid groups (broad SMARTS) is 1. The largest absolute Gasteiger partial charge is 0.481 e. The third kappa shape index (κ3) is 2.14. The second-order valence-corrected chi connectivity index (χ2v) is 4.97. The standard InChI is InChI=1S/C14H13N5O3/c1-8-4-3-5-10-12(8)16-17-19(14(10)22)13-9(6-11(20)21)7-15-18(13)2/h3-5,7H,6H2,1-2H3,(H,20,21). The molecule has 0 bridgehead atoms. The Morgan fingerprint density at radius 2 is 2.14 bits per heavy atom. The Bertz CT molecular complexity index is 941. The predicted molar refractivity (Wildman–Crippen MR) is 78.0 cm³/mol. The van der Waals surface area contributed by atoms with Gasteiger partial charge in [-0.25, -0.2) is 0 Å². The van der Waals surface area contributed by atoms with Crippen molar-refractivity contribution in [3.8, 4) is 5.82 Å². The predicted octanol–water partition coefficient (Wildman–Crippen LogP) is 0.450. The Morgan fingerprint density at radius 1 is 1.36 bits per heavy atom. The zero-order valence-corrected chi connectivity index (χ0v) is 12.0. The quantitative estimate of drug-likeness (QED) is 0.753. The van der Waals surface area contributed by atoms with E-state index in [-0.39, 0.29) is 12.0 Å². The summed E-state index contributed by atoms with van der Waals surface area (Å²) in [5.74, 6) is -0.699. The maximum Gasteiger partial charge on any atom is 0.308 e. The highest BCUT2D eigenvalue weighted by molar-refractivity contribution is 5.80. The van der Waals surface area contributed by atoms with Gasteiger partial charge in [-0.1, -0.05) is 17.3 Å². The van der Waals surface area contributed by atoms with Crippen molar-refractivity contribution in [1.82, 2.24) is 24.8 Å². The molecule has 0 saturated carbocycles. The maximum atomic E-state index is 12.6. The van der Waals surface area contributed by atoms with Crippen LogP contribution in [-0.4, -0.2) is 35.9 Å². The molecule has 0 amide bonds. The molecule has 0 spiro atoms. The van der Waals surface area contributed by atoms with E-state index in [0.29, 0.717) is 22.3 Å². The Labute approximate surface area is 124 Å². The summed E-state index contributed by atoms with van der Waals surface area (Å²) in [5.41, 5.74) is 1.43. The molecule has 2 heterocycles. The highest BCUT2D eigenvalue weighted by Gasteiger charge is 2.17. The van der Waals surface area contributed by atoms with Crippen molar-refractivity contribution in [3.63, 3.8) is 0 Å². The normalized spacial score (nSPS) is 11.0. The Hall–Kier alpha value is -3.03.